The summed E-state index contributed by atoms with van der Waals surface area (Å²) in [4.78, 5) is 0. The molecule has 66 valence electrons. The van der Waals surface area contributed by atoms with Crippen molar-refractivity contribution >= 4 is 0 Å². The average molecular weight is 171 g/mol. The summed E-state index contributed by atoms with van der Waals surface area (Å²) in [5.74, 6) is -0.400. The number of aryl methyl sites for hydroxylation is 1. The van der Waals surface area contributed by atoms with E-state index in [4.69, 9.17) is 5.73 Å². The maximum Gasteiger partial charge on any atom is 0.130 e. The monoisotopic (exact) mass is 171 g/mol. The molecule has 1 rings (SSSR count). The molecule has 0 aliphatic carbocycles. The normalized spacial score (nSPS) is 13.0. The second kappa shape index (κ2) is 3.63. The lowest BCUT2D eigenvalue weighted by atomic mass is 10.1. The first-order chi connectivity index (χ1) is 5.66. The van der Waals surface area contributed by atoms with Gasteiger partial charge in [0.2, 0.25) is 0 Å². The third-order valence-corrected chi connectivity index (χ3v) is 1.79. The molecule has 0 amide bonds. The van der Waals surface area contributed by atoms with Gasteiger partial charge in [-0.3, -0.25) is 0 Å². The zero-order valence-electron chi connectivity index (χ0n) is 6.85. The van der Waals surface area contributed by atoms with Crippen LogP contribution in [-0.2, 0) is 0 Å². The molecule has 2 N–H and O–H groups in total. The van der Waals surface area contributed by atoms with Gasteiger partial charge in [-0.25, -0.2) is 8.78 Å². The molecule has 12 heavy (non-hydrogen) atoms. The predicted molar refractivity (Wildman–Crippen MR) is 44.0 cm³/mol. The summed E-state index contributed by atoms with van der Waals surface area (Å²) in [6.07, 6.45) is 0. The molecule has 0 bridgehead atoms. The van der Waals surface area contributed by atoms with Crippen molar-refractivity contribution in [1.29, 1.82) is 0 Å². The summed E-state index contributed by atoms with van der Waals surface area (Å²) in [7, 11) is 0. The molecule has 1 aromatic carbocycles. The van der Waals surface area contributed by atoms with E-state index in [9.17, 15) is 8.78 Å². The van der Waals surface area contributed by atoms with Gasteiger partial charge in [0.15, 0.2) is 0 Å². The zero-order valence-corrected chi connectivity index (χ0v) is 6.85. The molecule has 0 aliphatic heterocycles. The van der Waals surface area contributed by atoms with Crippen LogP contribution in [-0.4, -0.2) is 6.67 Å². The molecule has 0 radical (unpaired) electrons. The Morgan fingerprint density at radius 2 is 2.17 bits per heavy atom. The number of nitrogens with two attached hydrogens (primary N) is 1. The summed E-state index contributed by atoms with van der Waals surface area (Å²) < 4.78 is 25.3. The average Bonchev–Trinajstić information content (AvgIpc) is 2.08. The number of alkyl halides is 1. The van der Waals surface area contributed by atoms with Crippen LogP contribution in [0.2, 0.25) is 0 Å². The summed E-state index contributed by atoms with van der Waals surface area (Å²) >= 11 is 0. The lowest BCUT2D eigenvalue weighted by Crippen LogP contribution is -2.14. The highest BCUT2D eigenvalue weighted by Gasteiger charge is 2.11. The van der Waals surface area contributed by atoms with Crippen LogP contribution in [0.1, 0.15) is 17.2 Å². The Morgan fingerprint density at radius 1 is 1.50 bits per heavy atom. The molecule has 1 aromatic rings. The van der Waals surface area contributed by atoms with E-state index in [1.165, 1.54) is 6.07 Å². The summed E-state index contributed by atoms with van der Waals surface area (Å²) in [6, 6.07) is 3.96. The summed E-state index contributed by atoms with van der Waals surface area (Å²) in [5, 5.41) is 0. The Bertz CT molecular complexity index is 273. The van der Waals surface area contributed by atoms with Crippen LogP contribution in [0.5, 0.6) is 0 Å². The fraction of sp³-hybridized carbons (Fsp3) is 0.333. The smallest absolute Gasteiger partial charge is 0.130 e. The van der Waals surface area contributed by atoms with Gasteiger partial charge in [-0.2, -0.15) is 0 Å². The van der Waals surface area contributed by atoms with Crippen molar-refractivity contribution in [2.45, 2.75) is 13.0 Å². The number of rotatable bonds is 2. The van der Waals surface area contributed by atoms with E-state index in [0.29, 0.717) is 5.56 Å². The van der Waals surface area contributed by atoms with Crippen molar-refractivity contribution in [3.8, 4) is 0 Å². The molecule has 1 unspecified atom stereocenters. The van der Waals surface area contributed by atoms with Gasteiger partial charge in [-0.1, -0.05) is 18.2 Å². The lowest BCUT2D eigenvalue weighted by Gasteiger charge is -2.09. The molecule has 0 aliphatic rings. The van der Waals surface area contributed by atoms with Gasteiger partial charge in [-0.15, -0.1) is 0 Å². The first-order valence-corrected chi connectivity index (χ1v) is 3.73. The van der Waals surface area contributed by atoms with E-state index in [1.807, 2.05) is 0 Å². The van der Waals surface area contributed by atoms with E-state index in [2.05, 4.69) is 0 Å². The van der Waals surface area contributed by atoms with Crippen LogP contribution in [0.15, 0.2) is 18.2 Å². The molecule has 1 nitrogen and oxygen atoms in total. The molecular formula is C9H11F2N. The minimum atomic E-state index is -0.843. The van der Waals surface area contributed by atoms with Gasteiger partial charge in [0.25, 0.3) is 0 Å². The number of benzene rings is 1. The largest absolute Gasteiger partial charge is 0.322 e. The topological polar surface area (TPSA) is 26.0 Å². The highest BCUT2D eigenvalue weighted by Crippen LogP contribution is 2.17. The van der Waals surface area contributed by atoms with Crippen molar-refractivity contribution in [2.75, 3.05) is 6.67 Å². The molecule has 0 aromatic heterocycles. The van der Waals surface area contributed by atoms with Crippen molar-refractivity contribution in [3.63, 3.8) is 0 Å². The van der Waals surface area contributed by atoms with Crippen molar-refractivity contribution in [1.82, 2.24) is 0 Å². The van der Waals surface area contributed by atoms with E-state index < -0.39 is 18.5 Å². The maximum atomic E-state index is 13.2. The fourth-order valence-corrected chi connectivity index (χ4v) is 1.04. The van der Waals surface area contributed by atoms with Crippen LogP contribution in [0.4, 0.5) is 8.78 Å². The summed E-state index contributed by atoms with van der Waals surface area (Å²) in [6.45, 7) is 0.893. The molecule has 0 spiro atoms. The zero-order chi connectivity index (χ0) is 9.14. The van der Waals surface area contributed by atoms with Gasteiger partial charge in [0.05, 0.1) is 6.04 Å². The van der Waals surface area contributed by atoms with E-state index >= 15 is 0 Å². The Hall–Kier alpha value is -0.960. The first-order valence-electron chi connectivity index (χ1n) is 3.73. The summed E-state index contributed by atoms with van der Waals surface area (Å²) in [5.41, 5.74) is 6.09. The molecular weight excluding hydrogens is 160 g/mol. The molecule has 0 heterocycles. The molecule has 1 atom stereocenters. The van der Waals surface area contributed by atoms with Crippen molar-refractivity contribution in [2.24, 2.45) is 5.73 Å². The Labute approximate surface area is 70.2 Å². The van der Waals surface area contributed by atoms with Gasteiger partial charge in [0, 0.05) is 5.56 Å². The van der Waals surface area contributed by atoms with Crippen molar-refractivity contribution < 1.29 is 8.78 Å². The van der Waals surface area contributed by atoms with Crippen LogP contribution < -0.4 is 5.73 Å². The first kappa shape index (κ1) is 9.13. The fourth-order valence-electron chi connectivity index (χ4n) is 1.04. The van der Waals surface area contributed by atoms with Crippen LogP contribution in [0, 0.1) is 12.7 Å². The Balaban J connectivity index is 3.07. The third kappa shape index (κ3) is 1.61. The van der Waals surface area contributed by atoms with E-state index in [-0.39, 0.29) is 5.56 Å². The Morgan fingerprint density at radius 3 is 2.75 bits per heavy atom. The minimum absolute atomic E-state index is 0.248. The predicted octanol–water partition coefficient (Wildman–Crippen LogP) is 2.10. The number of hydrogen-bond donors (Lipinski definition) is 1. The van der Waals surface area contributed by atoms with E-state index in [0.717, 1.165) is 0 Å². The maximum absolute atomic E-state index is 13.2. The molecule has 0 saturated heterocycles. The minimum Gasteiger partial charge on any atom is -0.322 e. The highest BCUT2D eigenvalue weighted by atomic mass is 19.1. The standard InChI is InChI=1S/C9H11F2N/c1-6-3-2-4-7(9(6)11)8(12)5-10/h2-4,8H,5,12H2,1H3. The van der Waals surface area contributed by atoms with Crippen LogP contribution in [0.3, 0.4) is 0 Å². The SMILES string of the molecule is Cc1cccc(C(N)CF)c1F. The van der Waals surface area contributed by atoms with Gasteiger partial charge < -0.3 is 5.73 Å². The lowest BCUT2D eigenvalue weighted by molar-refractivity contribution is 0.426. The quantitative estimate of drug-likeness (QED) is 0.724. The van der Waals surface area contributed by atoms with Gasteiger partial charge >= 0.3 is 0 Å². The van der Waals surface area contributed by atoms with E-state index in [1.54, 1.807) is 19.1 Å². The molecule has 0 fully saturated rings. The van der Waals surface area contributed by atoms with Crippen LogP contribution >= 0.6 is 0 Å². The highest BCUT2D eigenvalue weighted by molar-refractivity contribution is 5.27. The Kier molecular flexibility index (Phi) is 2.76. The van der Waals surface area contributed by atoms with Crippen LogP contribution in [0.25, 0.3) is 0 Å². The van der Waals surface area contributed by atoms with Gasteiger partial charge in [-0.05, 0) is 12.5 Å². The van der Waals surface area contributed by atoms with Gasteiger partial charge in [0.1, 0.15) is 12.5 Å². The van der Waals surface area contributed by atoms with Crippen molar-refractivity contribution in [3.05, 3.63) is 35.1 Å². The molecule has 3 heteroatoms. The molecule has 0 saturated carbocycles. The number of halogens is 2. The number of hydrogen-bond acceptors (Lipinski definition) is 1. The second-order valence-corrected chi connectivity index (χ2v) is 2.74. The second-order valence-electron chi connectivity index (χ2n) is 2.74. The third-order valence-electron chi connectivity index (χ3n) is 1.79.